The maximum Gasteiger partial charge on any atom is 0.191 e. The van der Waals surface area contributed by atoms with Crippen LogP contribution in [0.3, 0.4) is 0 Å². The number of nitrogens with one attached hydrogen (secondary N) is 2. The van der Waals surface area contributed by atoms with Crippen LogP contribution in [0.4, 0.5) is 0 Å². The molecule has 0 amide bonds. The lowest BCUT2D eigenvalue weighted by Crippen LogP contribution is -2.47. The lowest BCUT2D eigenvalue weighted by atomic mass is 10.1. The van der Waals surface area contributed by atoms with E-state index in [4.69, 9.17) is 4.74 Å². The van der Waals surface area contributed by atoms with Gasteiger partial charge in [0.2, 0.25) is 0 Å². The van der Waals surface area contributed by atoms with Crippen LogP contribution in [-0.2, 0) is 0 Å². The molecule has 1 aliphatic rings. The Morgan fingerprint density at radius 3 is 2.48 bits per heavy atom. The smallest absolute Gasteiger partial charge is 0.191 e. The Balaban J connectivity index is 0.00000364. The summed E-state index contributed by atoms with van der Waals surface area (Å²) in [7, 11) is 1.63. The second-order valence-electron chi connectivity index (χ2n) is 7.28. The number of methoxy groups -OCH3 is 1. The van der Waals surface area contributed by atoms with E-state index in [-0.39, 0.29) is 24.0 Å². The third-order valence-corrected chi connectivity index (χ3v) is 4.96. The van der Waals surface area contributed by atoms with Crippen molar-refractivity contribution in [1.82, 2.24) is 15.5 Å². The van der Waals surface area contributed by atoms with Crippen LogP contribution < -0.4 is 15.4 Å². The fraction of sp³-hybridized carbons (Fsp3) is 0.650. The standard InChI is InChI=1S/C20H34N4O2.HI/c1-6-21-20(23-18-13-24(14(2)3)12-15(18)4)22-11-19(25)16-7-9-17(26-5)10-8-16;/h7-10,14-15,18-19,25H,6,11-13H2,1-5H3,(H2,21,22,23);1H. The third kappa shape index (κ3) is 7.12. The highest BCUT2D eigenvalue weighted by Crippen LogP contribution is 2.19. The molecule has 0 radical (unpaired) electrons. The molecule has 1 aliphatic heterocycles. The second-order valence-corrected chi connectivity index (χ2v) is 7.28. The predicted octanol–water partition coefficient (Wildman–Crippen LogP) is 2.63. The van der Waals surface area contributed by atoms with Crippen molar-refractivity contribution in [1.29, 1.82) is 0 Å². The molecule has 0 aliphatic carbocycles. The summed E-state index contributed by atoms with van der Waals surface area (Å²) >= 11 is 0. The van der Waals surface area contributed by atoms with Gasteiger partial charge >= 0.3 is 0 Å². The summed E-state index contributed by atoms with van der Waals surface area (Å²) in [5.74, 6) is 2.11. The second kappa shape index (κ2) is 11.7. The number of aliphatic imine (C=N–C) groups is 1. The average Bonchev–Trinajstić information content (AvgIpc) is 3.00. The van der Waals surface area contributed by atoms with Crippen molar-refractivity contribution >= 4 is 29.9 Å². The first kappa shape index (κ1) is 24.0. The monoisotopic (exact) mass is 490 g/mol. The largest absolute Gasteiger partial charge is 0.497 e. The first-order valence-electron chi connectivity index (χ1n) is 9.55. The van der Waals surface area contributed by atoms with Crippen molar-refractivity contribution in [2.45, 2.75) is 45.9 Å². The van der Waals surface area contributed by atoms with Crippen molar-refractivity contribution < 1.29 is 9.84 Å². The van der Waals surface area contributed by atoms with Gasteiger partial charge in [0.05, 0.1) is 19.8 Å². The third-order valence-electron chi connectivity index (χ3n) is 4.96. The number of aliphatic hydroxyl groups is 1. The highest BCUT2D eigenvalue weighted by atomic mass is 127. The van der Waals surface area contributed by atoms with Crippen LogP contribution in [0.25, 0.3) is 0 Å². The number of guanidine groups is 1. The SMILES string of the molecule is CCNC(=NCC(O)c1ccc(OC)cc1)NC1CN(C(C)C)CC1C.I. The number of hydrogen-bond acceptors (Lipinski definition) is 4. The maximum absolute atomic E-state index is 10.4. The summed E-state index contributed by atoms with van der Waals surface area (Å²) in [6, 6.07) is 8.38. The van der Waals surface area contributed by atoms with Gasteiger partial charge in [-0.1, -0.05) is 19.1 Å². The molecule has 0 saturated carbocycles. The molecule has 1 aromatic rings. The summed E-state index contributed by atoms with van der Waals surface area (Å²) in [6.07, 6.45) is -0.635. The Morgan fingerprint density at radius 2 is 1.96 bits per heavy atom. The minimum Gasteiger partial charge on any atom is -0.497 e. The normalized spacial score (nSPS) is 21.7. The Labute approximate surface area is 180 Å². The molecule has 6 nitrogen and oxygen atoms in total. The fourth-order valence-corrected chi connectivity index (χ4v) is 3.22. The molecule has 3 atom stereocenters. The number of rotatable bonds is 7. The first-order chi connectivity index (χ1) is 12.4. The molecule has 2 rings (SSSR count). The summed E-state index contributed by atoms with van der Waals surface area (Å²) in [5, 5.41) is 17.2. The number of hydrogen-bond donors (Lipinski definition) is 3. The molecular weight excluding hydrogens is 455 g/mol. The number of aliphatic hydroxyl groups excluding tert-OH is 1. The van der Waals surface area contributed by atoms with Crippen LogP contribution in [0.1, 0.15) is 39.4 Å². The summed E-state index contributed by atoms with van der Waals surface area (Å²) < 4.78 is 5.16. The van der Waals surface area contributed by atoms with Gasteiger partial charge in [-0.05, 0) is 44.4 Å². The highest BCUT2D eigenvalue weighted by molar-refractivity contribution is 14.0. The van der Waals surface area contributed by atoms with E-state index in [2.05, 4.69) is 48.2 Å². The zero-order valence-electron chi connectivity index (χ0n) is 17.1. The molecule has 154 valence electrons. The van der Waals surface area contributed by atoms with E-state index in [0.29, 0.717) is 24.5 Å². The van der Waals surface area contributed by atoms with Crippen LogP contribution in [0.15, 0.2) is 29.3 Å². The molecular formula is C20H35IN4O2. The van der Waals surface area contributed by atoms with E-state index in [1.54, 1.807) is 7.11 Å². The molecule has 0 spiro atoms. The van der Waals surface area contributed by atoms with E-state index in [0.717, 1.165) is 36.9 Å². The lowest BCUT2D eigenvalue weighted by molar-refractivity contribution is 0.187. The average molecular weight is 490 g/mol. The van der Waals surface area contributed by atoms with Crippen molar-refractivity contribution in [3.8, 4) is 5.75 Å². The minimum atomic E-state index is -0.635. The van der Waals surface area contributed by atoms with Gasteiger partial charge < -0.3 is 20.5 Å². The molecule has 1 aromatic carbocycles. The molecule has 1 fully saturated rings. The molecule has 27 heavy (non-hydrogen) atoms. The van der Waals surface area contributed by atoms with Gasteiger partial charge in [-0.25, -0.2) is 0 Å². The molecule has 1 heterocycles. The zero-order chi connectivity index (χ0) is 19.1. The number of nitrogens with zero attached hydrogens (tertiary/aromatic N) is 2. The number of likely N-dealkylation sites (tertiary alicyclic amines) is 1. The minimum absolute atomic E-state index is 0. The van der Waals surface area contributed by atoms with Crippen LogP contribution >= 0.6 is 24.0 Å². The zero-order valence-corrected chi connectivity index (χ0v) is 19.4. The Morgan fingerprint density at radius 1 is 1.30 bits per heavy atom. The van der Waals surface area contributed by atoms with Gasteiger partial charge in [-0.15, -0.1) is 24.0 Å². The Hall–Kier alpha value is -1.06. The van der Waals surface area contributed by atoms with E-state index in [9.17, 15) is 5.11 Å². The molecule has 0 aromatic heterocycles. The van der Waals surface area contributed by atoms with E-state index < -0.39 is 6.10 Å². The van der Waals surface area contributed by atoms with Crippen molar-refractivity contribution in [2.75, 3.05) is 33.3 Å². The van der Waals surface area contributed by atoms with Crippen LogP contribution in [0, 0.1) is 5.92 Å². The van der Waals surface area contributed by atoms with Crippen LogP contribution in [0.2, 0.25) is 0 Å². The summed E-state index contributed by atoms with van der Waals surface area (Å²) in [6.45, 7) is 12.0. The Bertz CT molecular complexity index is 580. The van der Waals surface area contributed by atoms with Gasteiger partial charge in [-0.2, -0.15) is 0 Å². The van der Waals surface area contributed by atoms with Gasteiger partial charge in [0, 0.05) is 31.7 Å². The molecule has 1 saturated heterocycles. The number of benzene rings is 1. The van der Waals surface area contributed by atoms with Crippen molar-refractivity contribution in [2.24, 2.45) is 10.9 Å². The molecule has 7 heteroatoms. The van der Waals surface area contributed by atoms with Crippen LogP contribution in [0.5, 0.6) is 5.75 Å². The lowest BCUT2D eigenvalue weighted by Gasteiger charge is -2.22. The van der Waals surface area contributed by atoms with Crippen molar-refractivity contribution in [3.05, 3.63) is 29.8 Å². The number of ether oxygens (including phenoxy) is 1. The summed E-state index contributed by atoms with van der Waals surface area (Å²) in [5.41, 5.74) is 0.839. The molecule has 3 unspecified atom stereocenters. The van der Waals surface area contributed by atoms with E-state index >= 15 is 0 Å². The Kier molecular flexibility index (Phi) is 10.4. The predicted molar refractivity (Wildman–Crippen MR) is 122 cm³/mol. The van der Waals surface area contributed by atoms with E-state index in [1.165, 1.54) is 0 Å². The molecule has 0 bridgehead atoms. The van der Waals surface area contributed by atoms with E-state index in [1.807, 2.05) is 24.3 Å². The van der Waals surface area contributed by atoms with Gasteiger partial charge in [0.25, 0.3) is 0 Å². The highest BCUT2D eigenvalue weighted by Gasteiger charge is 2.31. The summed E-state index contributed by atoms with van der Waals surface area (Å²) in [4.78, 5) is 7.08. The van der Waals surface area contributed by atoms with Gasteiger partial charge in [-0.3, -0.25) is 9.89 Å². The van der Waals surface area contributed by atoms with Gasteiger partial charge in [0.1, 0.15) is 5.75 Å². The quantitative estimate of drug-likeness (QED) is 0.312. The van der Waals surface area contributed by atoms with Crippen LogP contribution in [-0.4, -0.2) is 61.3 Å². The maximum atomic E-state index is 10.4. The van der Waals surface area contributed by atoms with Gasteiger partial charge in [0.15, 0.2) is 5.96 Å². The molecule has 3 N–H and O–H groups in total. The topological polar surface area (TPSA) is 69.1 Å². The fourth-order valence-electron chi connectivity index (χ4n) is 3.22. The first-order valence-corrected chi connectivity index (χ1v) is 9.55. The number of halogens is 1. The van der Waals surface area contributed by atoms with Crippen molar-refractivity contribution in [3.63, 3.8) is 0 Å².